The van der Waals surface area contributed by atoms with Crippen molar-refractivity contribution in [3.05, 3.63) is 77.4 Å². The molecule has 1 atom stereocenters. The van der Waals surface area contributed by atoms with Gasteiger partial charge in [-0.2, -0.15) is 4.31 Å². The van der Waals surface area contributed by atoms with Gasteiger partial charge in [0.15, 0.2) is 0 Å². The minimum atomic E-state index is -3.67. The van der Waals surface area contributed by atoms with E-state index >= 15 is 0 Å². The van der Waals surface area contributed by atoms with Gasteiger partial charge in [-0.1, -0.05) is 30.7 Å². The number of nitrogens with zero attached hydrogens (tertiary/aromatic N) is 3. The Morgan fingerprint density at radius 3 is 2.53 bits per heavy atom. The van der Waals surface area contributed by atoms with E-state index in [-0.39, 0.29) is 10.5 Å². The Morgan fingerprint density at radius 1 is 1.12 bits per heavy atom. The minimum absolute atomic E-state index is 0.174. The monoisotopic (exact) mass is 482 g/mol. The number of carbonyl (C=O) groups excluding carboxylic acids is 1. The molecule has 2 heterocycles. The summed E-state index contributed by atoms with van der Waals surface area (Å²) in [6, 6.07) is 11.7. The average molecular weight is 483 g/mol. The lowest BCUT2D eigenvalue weighted by Gasteiger charge is -2.27. The summed E-state index contributed by atoms with van der Waals surface area (Å²) in [4.78, 5) is 18.0. The first-order valence-corrected chi connectivity index (χ1v) is 12.8. The summed E-state index contributed by atoms with van der Waals surface area (Å²) in [7, 11) is -0.243. The van der Waals surface area contributed by atoms with Crippen LogP contribution in [0.1, 0.15) is 52.6 Å². The van der Waals surface area contributed by atoms with Gasteiger partial charge < -0.3 is 14.6 Å². The number of piperidine rings is 1. The van der Waals surface area contributed by atoms with E-state index in [9.17, 15) is 13.2 Å². The average Bonchev–Trinajstić information content (AvgIpc) is 3.28. The maximum absolute atomic E-state index is 13.4. The second-order valence-electron chi connectivity index (χ2n) is 8.49. The lowest BCUT2D eigenvalue weighted by atomic mass is 10.0. The highest BCUT2D eigenvalue weighted by Crippen LogP contribution is 2.30. The zero-order valence-electron chi connectivity index (χ0n) is 19.7. The number of aryl methyl sites for hydroxylation is 2. The highest BCUT2D eigenvalue weighted by molar-refractivity contribution is 7.89. The molecule has 1 aliphatic rings. The summed E-state index contributed by atoms with van der Waals surface area (Å²) in [5.74, 6) is 0.855. The molecular formula is C25H30N4O4S. The van der Waals surface area contributed by atoms with Crippen LogP contribution in [0.2, 0.25) is 0 Å². The molecule has 0 bridgehead atoms. The topological polar surface area (TPSA) is 93.5 Å². The second kappa shape index (κ2) is 9.99. The van der Waals surface area contributed by atoms with Gasteiger partial charge >= 0.3 is 0 Å². The van der Waals surface area contributed by atoms with Gasteiger partial charge in [-0.05, 0) is 43.5 Å². The number of sulfonamides is 1. The number of carbonyl (C=O) groups is 1. The van der Waals surface area contributed by atoms with Crippen LogP contribution >= 0.6 is 0 Å². The summed E-state index contributed by atoms with van der Waals surface area (Å²) < 4.78 is 35.5. The molecule has 0 radical (unpaired) electrons. The normalized spacial score (nSPS) is 15.6. The molecule has 9 heteroatoms. The summed E-state index contributed by atoms with van der Waals surface area (Å²) in [5, 5.41) is 3.03. The fourth-order valence-electron chi connectivity index (χ4n) is 4.32. The van der Waals surface area contributed by atoms with Gasteiger partial charge in [-0.25, -0.2) is 13.4 Å². The standard InChI is InChI=1S/C25H30N4O4S/c1-18-11-12-19(17-22(18)34(31,32)29-14-7-4-8-15-29)25(30)27-23(24-26-13-16-28(24)2)20-9-5-6-10-21(20)33-3/h5-6,9-13,16-17,23H,4,7-8,14-15H2,1-3H3,(H,27,30)/t23-/m1/s1. The number of nitrogens with one attached hydrogen (secondary N) is 1. The van der Waals surface area contributed by atoms with Gasteiger partial charge in [0.05, 0.1) is 12.0 Å². The first-order chi connectivity index (χ1) is 16.3. The molecule has 1 N–H and O–H groups in total. The summed E-state index contributed by atoms with van der Waals surface area (Å²) in [6.45, 7) is 2.77. The van der Waals surface area contributed by atoms with E-state index in [0.29, 0.717) is 30.2 Å². The predicted molar refractivity (Wildman–Crippen MR) is 129 cm³/mol. The van der Waals surface area contributed by atoms with Gasteiger partial charge in [0.25, 0.3) is 5.91 Å². The van der Waals surface area contributed by atoms with E-state index in [1.54, 1.807) is 38.6 Å². The van der Waals surface area contributed by atoms with Gasteiger partial charge in [0.1, 0.15) is 17.6 Å². The third-order valence-corrected chi connectivity index (χ3v) is 8.27. The van der Waals surface area contributed by atoms with E-state index < -0.39 is 22.0 Å². The molecule has 0 unspecified atom stereocenters. The van der Waals surface area contributed by atoms with Gasteiger partial charge in [0, 0.05) is 43.7 Å². The molecule has 1 amide bonds. The maximum Gasteiger partial charge on any atom is 0.252 e. The van der Waals surface area contributed by atoms with Crippen molar-refractivity contribution in [2.45, 2.75) is 37.1 Å². The van der Waals surface area contributed by atoms with Crippen LogP contribution in [-0.2, 0) is 17.1 Å². The molecule has 4 rings (SSSR count). The first-order valence-electron chi connectivity index (χ1n) is 11.3. The molecule has 2 aromatic carbocycles. The minimum Gasteiger partial charge on any atom is -0.496 e. The van der Waals surface area contributed by atoms with E-state index in [0.717, 1.165) is 24.8 Å². The van der Waals surface area contributed by atoms with Crippen molar-refractivity contribution < 1.29 is 17.9 Å². The van der Waals surface area contributed by atoms with Gasteiger partial charge in [-0.15, -0.1) is 0 Å². The van der Waals surface area contributed by atoms with Crippen LogP contribution in [0.3, 0.4) is 0 Å². The number of para-hydroxylation sites is 1. The van der Waals surface area contributed by atoms with Crippen LogP contribution < -0.4 is 10.1 Å². The van der Waals surface area contributed by atoms with Crippen molar-refractivity contribution in [1.29, 1.82) is 0 Å². The Kier molecular flexibility index (Phi) is 7.04. The molecule has 34 heavy (non-hydrogen) atoms. The van der Waals surface area contributed by atoms with Crippen LogP contribution in [0, 0.1) is 6.92 Å². The lowest BCUT2D eigenvalue weighted by molar-refractivity contribution is 0.0940. The third-order valence-electron chi connectivity index (χ3n) is 6.23. The van der Waals surface area contributed by atoms with Crippen molar-refractivity contribution in [3.8, 4) is 5.75 Å². The Balaban J connectivity index is 1.69. The van der Waals surface area contributed by atoms with E-state index in [4.69, 9.17) is 4.74 Å². The number of imidazole rings is 1. The highest BCUT2D eigenvalue weighted by Gasteiger charge is 2.29. The number of benzene rings is 2. The van der Waals surface area contributed by atoms with E-state index in [1.807, 2.05) is 35.9 Å². The van der Waals surface area contributed by atoms with Crippen LogP contribution in [-0.4, -0.2) is 48.4 Å². The summed E-state index contributed by atoms with van der Waals surface area (Å²) in [5.41, 5.74) is 1.64. The van der Waals surface area contributed by atoms with Crippen molar-refractivity contribution in [1.82, 2.24) is 19.2 Å². The third kappa shape index (κ3) is 4.71. The zero-order chi connectivity index (χ0) is 24.3. The molecule has 3 aromatic rings. The van der Waals surface area contributed by atoms with Crippen molar-refractivity contribution in [2.24, 2.45) is 7.05 Å². The molecule has 8 nitrogen and oxygen atoms in total. The number of aromatic nitrogens is 2. The van der Waals surface area contributed by atoms with E-state index in [1.165, 1.54) is 10.4 Å². The SMILES string of the molecule is COc1ccccc1[C@@H](NC(=O)c1ccc(C)c(S(=O)(=O)N2CCCCC2)c1)c1nccn1C. The molecular weight excluding hydrogens is 452 g/mol. The van der Waals surface area contributed by atoms with Crippen LogP contribution in [0.25, 0.3) is 0 Å². The first kappa shape index (κ1) is 24.0. The fraction of sp³-hybridized carbons (Fsp3) is 0.360. The lowest BCUT2D eigenvalue weighted by Crippen LogP contribution is -2.36. The second-order valence-corrected chi connectivity index (χ2v) is 10.4. The van der Waals surface area contributed by atoms with Gasteiger partial charge in [0.2, 0.25) is 10.0 Å². The molecule has 1 aromatic heterocycles. The van der Waals surface area contributed by atoms with Crippen molar-refractivity contribution in [3.63, 3.8) is 0 Å². The number of hydrogen-bond donors (Lipinski definition) is 1. The Bertz CT molecular complexity index is 1280. The molecule has 1 fully saturated rings. The van der Waals surface area contributed by atoms with E-state index in [2.05, 4.69) is 10.3 Å². The Labute approximate surface area is 200 Å². The van der Waals surface area contributed by atoms with Crippen LogP contribution in [0.5, 0.6) is 5.75 Å². The quantitative estimate of drug-likeness (QED) is 0.557. The Morgan fingerprint density at radius 2 is 1.85 bits per heavy atom. The summed E-state index contributed by atoms with van der Waals surface area (Å²) >= 11 is 0. The molecule has 0 saturated carbocycles. The van der Waals surface area contributed by atoms with Crippen LogP contribution in [0.15, 0.2) is 59.8 Å². The number of amides is 1. The molecule has 1 aliphatic heterocycles. The molecule has 180 valence electrons. The van der Waals surface area contributed by atoms with Crippen LogP contribution in [0.4, 0.5) is 0 Å². The molecule has 0 aliphatic carbocycles. The number of ether oxygens (including phenoxy) is 1. The highest BCUT2D eigenvalue weighted by atomic mass is 32.2. The number of rotatable bonds is 7. The van der Waals surface area contributed by atoms with Gasteiger partial charge in [-0.3, -0.25) is 4.79 Å². The number of methoxy groups -OCH3 is 1. The fourth-order valence-corrected chi connectivity index (χ4v) is 6.09. The maximum atomic E-state index is 13.4. The Hall–Kier alpha value is -3.17. The van der Waals surface area contributed by atoms with Crippen molar-refractivity contribution in [2.75, 3.05) is 20.2 Å². The van der Waals surface area contributed by atoms with Crippen molar-refractivity contribution >= 4 is 15.9 Å². The largest absolute Gasteiger partial charge is 0.496 e. The molecule has 0 spiro atoms. The predicted octanol–water partition coefficient (Wildman–Crippen LogP) is 3.43. The zero-order valence-corrected chi connectivity index (χ0v) is 20.5. The number of hydrogen-bond acceptors (Lipinski definition) is 5. The summed E-state index contributed by atoms with van der Waals surface area (Å²) in [6.07, 6.45) is 6.20. The molecule has 1 saturated heterocycles. The smallest absolute Gasteiger partial charge is 0.252 e.